The first kappa shape index (κ1) is 21.0. The minimum Gasteiger partial charge on any atom is -0.387 e. The van der Waals surface area contributed by atoms with Crippen LogP contribution in [0.15, 0.2) is 35.3 Å². The molecule has 2 unspecified atom stereocenters. The molecule has 0 radical (unpaired) electrons. The summed E-state index contributed by atoms with van der Waals surface area (Å²) < 4.78 is 39.5. The molecular weight excluding hydrogens is 415 g/mol. The van der Waals surface area contributed by atoms with Gasteiger partial charge in [-0.1, -0.05) is 24.6 Å². The van der Waals surface area contributed by atoms with Crippen molar-refractivity contribution in [3.05, 3.63) is 51.4 Å². The maximum absolute atomic E-state index is 12.9. The molecule has 2 atom stereocenters. The Morgan fingerprint density at radius 2 is 2.21 bits per heavy atom. The Morgan fingerprint density at radius 3 is 2.82 bits per heavy atom. The van der Waals surface area contributed by atoms with Crippen LogP contribution in [0.5, 0.6) is 0 Å². The molecule has 10 heteroatoms. The second-order valence-electron chi connectivity index (χ2n) is 6.58. The van der Waals surface area contributed by atoms with Gasteiger partial charge in [-0.05, 0) is 36.8 Å². The fourth-order valence-corrected chi connectivity index (χ4v) is 4.43. The molecule has 152 valence electrons. The summed E-state index contributed by atoms with van der Waals surface area (Å²) in [6.07, 6.45) is -1.70. The largest absolute Gasteiger partial charge is 0.416 e. The summed E-state index contributed by atoms with van der Waals surface area (Å²) in [5.41, 5.74) is -2.32. The van der Waals surface area contributed by atoms with E-state index in [1.807, 2.05) is 6.92 Å². The highest BCUT2D eigenvalue weighted by Gasteiger charge is 2.45. The molecule has 0 spiro atoms. The third-order valence-electron chi connectivity index (χ3n) is 4.73. The minimum atomic E-state index is -4.53. The number of thioether (sulfide) groups is 1. The number of hydrogen-bond acceptors (Lipinski definition) is 5. The van der Waals surface area contributed by atoms with Gasteiger partial charge in [-0.3, -0.25) is 4.79 Å². The van der Waals surface area contributed by atoms with Gasteiger partial charge in [0.05, 0.1) is 28.7 Å². The molecule has 1 fully saturated rings. The maximum Gasteiger partial charge on any atom is 0.416 e. The predicted octanol–water partition coefficient (Wildman–Crippen LogP) is 3.96. The lowest BCUT2D eigenvalue weighted by molar-refractivity contribution is -0.137. The number of benzene rings is 1. The molecule has 1 aliphatic carbocycles. The molecule has 28 heavy (non-hydrogen) atoms. The molecular formula is C18H19ClF3N3O2S. The van der Waals surface area contributed by atoms with E-state index >= 15 is 0 Å². The average molecular weight is 434 g/mol. The molecule has 1 saturated carbocycles. The Kier molecular flexibility index (Phi) is 5.97. The molecule has 2 aromatic rings. The average Bonchev–Trinajstić information content (AvgIpc) is 2.65. The molecule has 3 rings (SSSR count). The molecule has 1 aromatic carbocycles. The third-order valence-corrected chi connectivity index (χ3v) is 6.50. The highest BCUT2D eigenvalue weighted by molar-refractivity contribution is 8.00. The van der Waals surface area contributed by atoms with E-state index in [9.17, 15) is 23.1 Å². The third kappa shape index (κ3) is 4.16. The summed E-state index contributed by atoms with van der Waals surface area (Å²) in [6, 6.07) is 4.29. The van der Waals surface area contributed by atoms with Crippen LogP contribution >= 0.6 is 23.4 Å². The molecule has 1 aliphatic rings. The van der Waals surface area contributed by atoms with E-state index in [0.29, 0.717) is 6.42 Å². The van der Waals surface area contributed by atoms with Crippen LogP contribution in [0, 0.1) is 0 Å². The summed E-state index contributed by atoms with van der Waals surface area (Å²) in [7, 11) is 0. The summed E-state index contributed by atoms with van der Waals surface area (Å²) in [6.45, 7) is 2.23. The van der Waals surface area contributed by atoms with Crippen LogP contribution < -0.4 is 10.9 Å². The van der Waals surface area contributed by atoms with Gasteiger partial charge in [0.15, 0.2) is 0 Å². The summed E-state index contributed by atoms with van der Waals surface area (Å²) in [5, 5.41) is 17.4. The summed E-state index contributed by atoms with van der Waals surface area (Å²) >= 11 is 7.79. The van der Waals surface area contributed by atoms with E-state index in [4.69, 9.17) is 11.6 Å². The second-order valence-corrected chi connectivity index (χ2v) is 8.43. The van der Waals surface area contributed by atoms with Crippen LogP contribution in [0.25, 0.3) is 5.69 Å². The maximum atomic E-state index is 12.9. The molecule has 0 saturated heterocycles. The van der Waals surface area contributed by atoms with Gasteiger partial charge >= 0.3 is 6.18 Å². The first-order chi connectivity index (χ1) is 13.2. The van der Waals surface area contributed by atoms with E-state index < -0.39 is 22.9 Å². The lowest BCUT2D eigenvalue weighted by Crippen LogP contribution is -2.54. The zero-order valence-electron chi connectivity index (χ0n) is 15.0. The predicted molar refractivity (Wildman–Crippen MR) is 104 cm³/mol. The number of aliphatic hydroxyl groups is 1. The highest BCUT2D eigenvalue weighted by Crippen LogP contribution is 2.41. The standard InChI is InChI=1S/C18H19ClF3N3O2S/c1-2-28-14-6-7-17(14,27)10-23-13-9-24-25(16(26)15(13)19)12-5-3-4-11(8-12)18(20,21)22/h3-5,8-9,14,23,27H,2,6-7,10H2,1H3. The van der Waals surface area contributed by atoms with E-state index in [-0.39, 0.29) is 28.2 Å². The monoisotopic (exact) mass is 433 g/mol. The number of rotatable bonds is 6. The van der Waals surface area contributed by atoms with Crippen molar-refractivity contribution >= 4 is 29.1 Å². The summed E-state index contributed by atoms with van der Waals surface area (Å²) in [5.74, 6) is 0.891. The topological polar surface area (TPSA) is 67.2 Å². The molecule has 1 aromatic heterocycles. The minimum absolute atomic E-state index is 0.0368. The molecule has 5 nitrogen and oxygen atoms in total. The van der Waals surface area contributed by atoms with Crippen LogP contribution in [0.3, 0.4) is 0 Å². The second kappa shape index (κ2) is 7.96. The number of aromatic nitrogens is 2. The zero-order valence-corrected chi connectivity index (χ0v) is 16.5. The number of halogens is 4. The molecule has 0 bridgehead atoms. The summed E-state index contributed by atoms with van der Waals surface area (Å²) in [4.78, 5) is 12.5. The Balaban J connectivity index is 1.82. The molecule has 2 N–H and O–H groups in total. The number of alkyl halides is 3. The van der Waals surface area contributed by atoms with Crippen molar-refractivity contribution in [1.29, 1.82) is 0 Å². The Hall–Kier alpha value is -1.71. The van der Waals surface area contributed by atoms with Crippen LogP contribution in [0.4, 0.5) is 18.9 Å². The lowest BCUT2D eigenvalue weighted by Gasteiger charge is -2.45. The molecule has 0 amide bonds. The number of anilines is 1. The van der Waals surface area contributed by atoms with Crippen LogP contribution in [-0.2, 0) is 6.18 Å². The Bertz CT molecular complexity index is 922. The number of nitrogens with one attached hydrogen (secondary N) is 1. The van der Waals surface area contributed by atoms with Gasteiger partial charge < -0.3 is 10.4 Å². The number of nitrogens with zero attached hydrogens (tertiary/aromatic N) is 2. The van der Waals surface area contributed by atoms with Gasteiger partial charge in [0, 0.05) is 11.8 Å². The number of hydrogen-bond donors (Lipinski definition) is 2. The molecule has 1 heterocycles. The van der Waals surface area contributed by atoms with Gasteiger partial charge in [0.2, 0.25) is 0 Å². The van der Waals surface area contributed by atoms with Crippen LogP contribution in [0.2, 0.25) is 5.02 Å². The van der Waals surface area contributed by atoms with Crippen molar-refractivity contribution < 1.29 is 18.3 Å². The quantitative estimate of drug-likeness (QED) is 0.721. The van der Waals surface area contributed by atoms with Gasteiger partial charge in [-0.2, -0.15) is 34.7 Å². The smallest absolute Gasteiger partial charge is 0.387 e. The van der Waals surface area contributed by atoms with E-state index in [1.165, 1.54) is 18.3 Å². The van der Waals surface area contributed by atoms with E-state index in [0.717, 1.165) is 29.0 Å². The van der Waals surface area contributed by atoms with Crippen molar-refractivity contribution in [2.45, 2.75) is 36.8 Å². The van der Waals surface area contributed by atoms with Crippen molar-refractivity contribution in [2.24, 2.45) is 0 Å². The van der Waals surface area contributed by atoms with Crippen molar-refractivity contribution in [2.75, 3.05) is 17.6 Å². The Labute approximate surface area is 168 Å². The van der Waals surface area contributed by atoms with E-state index in [1.54, 1.807) is 11.8 Å². The van der Waals surface area contributed by atoms with Crippen LogP contribution in [0.1, 0.15) is 25.3 Å². The Morgan fingerprint density at radius 1 is 1.46 bits per heavy atom. The zero-order chi connectivity index (χ0) is 20.5. The van der Waals surface area contributed by atoms with Crippen LogP contribution in [-0.4, -0.2) is 38.0 Å². The fourth-order valence-electron chi connectivity index (χ4n) is 3.04. The first-order valence-electron chi connectivity index (χ1n) is 8.69. The van der Waals surface area contributed by atoms with Crippen molar-refractivity contribution in [3.8, 4) is 5.69 Å². The van der Waals surface area contributed by atoms with Gasteiger partial charge in [-0.25, -0.2) is 0 Å². The molecule has 0 aliphatic heterocycles. The van der Waals surface area contributed by atoms with Gasteiger partial charge in [0.1, 0.15) is 5.02 Å². The first-order valence-corrected chi connectivity index (χ1v) is 10.1. The lowest BCUT2D eigenvalue weighted by atomic mass is 9.79. The van der Waals surface area contributed by atoms with E-state index in [2.05, 4.69) is 10.4 Å². The normalized spacial score (nSPS) is 22.0. The van der Waals surface area contributed by atoms with Gasteiger partial charge in [-0.15, -0.1) is 0 Å². The SMILES string of the molecule is CCSC1CCC1(O)CNc1cnn(-c2cccc(C(F)(F)F)c2)c(=O)c1Cl. The highest BCUT2D eigenvalue weighted by atomic mass is 35.5. The van der Waals surface area contributed by atoms with Gasteiger partial charge in [0.25, 0.3) is 5.56 Å². The fraction of sp³-hybridized carbons (Fsp3) is 0.444. The van der Waals surface area contributed by atoms with Crippen molar-refractivity contribution in [3.63, 3.8) is 0 Å². The van der Waals surface area contributed by atoms with Crippen molar-refractivity contribution in [1.82, 2.24) is 9.78 Å².